The van der Waals surface area contributed by atoms with Gasteiger partial charge in [-0.15, -0.1) is 0 Å². The Hall–Kier alpha value is -0.0800. The Bertz CT molecular complexity index is 235. The molecule has 2 unspecified atom stereocenters. The summed E-state index contributed by atoms with van der Waals surface area (Å²) in [7, 11) is 0. The zero-order valence-corrected chi connectivity index (χ0v) is 13.2. The molecule has 1 aliphatic carbocycles. The second kappa shape index (κ2) is 8.26. The second-order valence-electron chi connectivity index (χ2n) is 6.78. The van der Waals surface area contributed by atoms with Crippen molar-refractivity contribution in [2.24, 2.45) is 11.8 Å². The maximum absolute atomic E-state index is 3.86. The van der Waals surface area contributed by atoms with E-state index in [0.717, 1.165) is 17.9 Å². The van der Waals surface area contributed by atoms with Gasteiger partial charge in [0.1, 0.15) is 0 Å². The maximum atomic E-state index is 3.86. The molecule has 0 aromatic rings. The summed E-state index contributed by atoms with van der Waals surface area (Å²) in [5, 5.41) is 3.86. The predicted octanol–water partition coefficient (Wildman–Crippen LogP) is 3.67. The van der Waals surface area contributed by atoms with Crippen molar-refractivity contribution in [2.75, 3.05) is 26.2 Å². The fourth-order valence-electron chi connectivity index (χ4n) is 3.94. The van der Waals surface area contributed by atoms with Crippen molar-refractivity contribution in [2.45, 2.75) is 71.3 Å². The monoisotopic (exact) mass is 266 g/mol. The fraction of sp³-hybridized carbons (Fsp3) is 1.00. The number of nitrogens with one attached hydrogen (secondary N) is 1. The molecular weight excluding hydrogens is 232 g/mol. The molecule has 1 saturated heterocycles. The quantitative estimate of drug-likeness (QED) is 0.756. The van der Waals surface area contributed by atoms with Gasteiger partial charge < -0.3 is 10.2 Å². The molecule has 0 aromatic heterocycles. The lowest BCUT2D eigenvalue weighted by Gasteiger charge is -2.34. The van der Waals surface area contributed by atoms with Gasteiger partial charge in [-0.3, -0.25) is 0 Å². The van der Waals surface area contributed by atoms with E-state index >= 15 is 0 Å². The normalized spacial score (nSPS) is 27.8. The highest BCUT2D eigenvalue weighted by Gasteiger charge is 2.28. The summed E-state index contributed by atoms with van der Waals surface area (Å²) in [5.74, 6) is 1.92. The number of hydrogen-bond acceptors (Lipinski definition) is 2. The number of nitrogens with zero attached hydrogens (tertiary/aromatic N) is 1. The zero-order chi connectivity index (χ0) is 13.5. The van der Waals surface area contributed by atoms with Crippen LogP contribution in [0.3, 0.4) is 0 Å². The molecule has 0 spiro atoms. The van der Waals surface area contributed by atoms with Gasteiger partial charge in [-0.05, 0) is 50.6 Å². The molecule has 0 aromatic carbocycles. The van der Waals surface area contributed by atoms with E-state index in [1.165, 1.54) is 77.5 Å². The lowest BCUT2D eigenvalue weighted by atomic mass is 9.83. The molecule has 0 radical (unpaired) electrons. The first-order valence-electron chi connectivity index (χ1n) is 8.79. The number of hydrogen-bond donors (Lipinski definition) is 1. The minimum Gasteiger partial charge on any atom is -0.312 e. The Morgan fingerprint density at radius 1 is 1.11 bits per heavy atom. The van der Waals surface area contributed by atoms with Crippen molar-refractivity contribution in [3.8, 4) is 0 Å². The topological polar surface area (TPSA) is 15.3 Å². The Balaban J connectivity index is 1.82. The van der Waals surface area contributed by atoms with E-state index in [9.17, 15) is 0 Å². The summed E-state index contributed by atoms with van der Waals surface area (Å²) in [6.45, 7) is 9.84. The molecule has 2 atom stereocenters. The van der Waals surface area contributed by atoms with Crippen LogP contribution in [0.1, 0.15) is 65.2 Å². The highest BCUT2D eigenvalue weighted by atomic mass is 15.2. The Morgan fingerprint density at radius 2 is 1.89 bits per heavy atom. The van der Waals surface area contributed by atoms with Crippen LogP contribution in [0.2, 0.25) is 0 Å². The average molecular weight is 266 g/mol. The molecule has 1 N–H and O–H groups in total. The third-order valence-electron chi connectivity index (χ3n) is 5.28. The summed E-state index contributed by atoms with van der Waals surface area (Å²) >= 11 is 0. The van der Waals surface area contributed by atoms with Crippen molar-refractivity contribution in [1.82, 2.24) is 10.2 Å². The highest BCUT2D eigenvalue weighted by molar-refractivity contribution is 4.85. The van der Waals surface area contributed by atoms with Crippen molar-refractivity contribution >= 4 is 0 Å². The summed E-state index contributed by atoms with van der Waals surface area (Å²) in [6, 6.07) is 0.760. The second-order valence-corrected chi connectivity index (χ2v) is 6.78. The molecule has 1 aliphatic heterocycles. The highest BCUT2D eigenvalue weighted by Crippen LogP contribution is 2.28. The third kappa shape index (κ3) is 4.75. The Labute approximate surface area is 120 Å². The first kappa shape index (κ1) is 15.3. The molecule has 2 nitrogen and oxygen atoms in total. The van der Waals surface area contributed by atoms with Crippen LogP contribution in [-0.2, 0) is 0 Å². The molecule has 0 bridgehead atoms. The van der Waals surface area contributed by atoms with Crippen LogP contribution in [0.15, 0.2) is 0 Å². The first-order valence-corrected chi connectivity index (χ1v) is 8.79. The number of rotatable bonds is 7. The van der Waals surface area contributed by atoms with E-state index in [2.05, 4.69) is 24.1 Å². The van der Waals surface area contributed by atoms with E-state index in [4.69, 9.17) is 0 Å². The summed E-state index contributed by atoms with van der Waals surface area (Å²) in [4.78, 5) is 2.73. The van der Waals surface area contributed by atoms with Crippen molar-refractivity contribution in [1.29, 1.82) is 0 Å². The SMILES string of the molecule is CCCNC(CN1CCC(CC)C1)C1CCCCC1. The third-order valence-corrected chi connectivity index (χ3v) is 5.28. The number of likely N-dealkylation sites (tertiary alicyclic amines) is 1. The molecule has 2 fully saturated rings. The van der Waals surface area contributed by atoms with Crippen LogP contribution in [-0.4, -0.2) is 37.1 Å². The van der Waals surface area contributed by atoms with Crippen molar-refractivity contribution < 1.29 is 0 Å². The van der Waals surface area contributed by atoms with Gasteiger partial charge in [-0.1, -0.05) is 39.5 Å². The first-order chi connectivity index (χ1) is 9.33. The molecule has 2 aliphatic rings. The molecule has 19 heavy (non-hydrogen) atoms. The van der Waals surface area contributed by atoms with Crippen molar-refractivity contribution in [3.63, 3.8) is 0 Å². The largest absolute Gasteiger partial charge is 0.312 e. The summed E-state index contributed by atoms with van der Waals surface area (Å²) < 4.78 is 0. The predicted molar refractivity (Wildman–Crippen MR) is 83.5 cm³/mol. The van der Waals surface area contributed by atoms with Crippen molar-refractivity contribution in [3.05, 3.63) is 0 Å². The van der Waals surface area contributed by atoms with Crippen LogP contribution in [0, 0.1) is 11.8 Å². The lowest BCUT2D eigenvalue weighted by Crippen LogP contribution is -2.46. The maximum Gasteiger partial charge on any atom is 0.0223 e. The fourth-order valence-corrected chi connectivity index (χ4v) is 3.94. The summed E-state index contributed by atoms with van der Waals surface area (Å²) in [5.41, 5.74) is 0. The Morgan fingerprint density at radius 3 is 2.53 bits per heavy atom. The van der Waals surface area contributed by atoms with Gasteiger partial charge in [0, 0.05) is 19.1 Å². The Kier molecular flexibility index (Phi) is 6.66. The lowest BCUT2D eigenvalue weighted by molar-refractivity contribution is 0.201. The van der Waals surface area contributed by atoms with Crippen LogP contribution in [0.25, 0.3) is 0 Å². The van der Waals surface area contributed by atoms with E-state index in [1.807, 2.05) is 0 Å². The minimum atomic E-state index is 0.760. The van der Waals surface area contributed by atoms with Crippen LogP contribution in [0.5, 0.6) is 0 Å². The molecule has 2 heteroatoms. The molecule has 2 rings (SSSR count). The molecule has 1 heterocycles. The van der Waals surface area contributed by atoms with E-state index in [0.29, 0.717) is 0 Å². The smallest absolute Gasteiger partial charge is 0.0223 e. The van der Waals surface area contributed by atoms with Gasteiger partial charge in [0.2, 0.25) is 0 Å². The van der Waals surface area contributed by atoms with Gasteiger partial charge in [-0.2, -0.15) is 0 Å². The van der Waals surface area contributed by atoms with E-state index in [1.54, 1.807) is 0 Å². The molecule has 112 valence electrons. The van der Waals surface area contributed by atoms with Gasteiger partial charge in [-0.25, -0.2) is 0 Å². The average Bonchev–Trinajstić information content (AvgIpc) is 2.92. The molecule has 0 amide bonds. The summed E-state index contributed by atoms with van der Waals surface area (Å²) in [6.07, 6.45) is 11.4. The van der Waals surface area contributed by atoms with Gasteiger partial charge in [0.05, 0.1) is 0 Å². The van der Waals surface area contributed by atoms with Gasteiger partial charge in [0.25, 0.3) is 0 Å². The zero-order valence-electron chi connectivity index (χ0n) is 13.2. The van der Waals surface area contributed by atoms with Crippen LogP contribution in [0.4, 0.5) is 0 Å². The molecular formula is C17H34N2. The van der Waals surface area contributed by atoms with Gasteiger partial charge >= 0.3 is 0 Å². The van der Waals surface area contributed by atoms with Crippen LogP contribution >= 0.6 is 0 Å². The van der Waals surface area contributed by atoms with E-state index < -0.39 is 0 Å². The standard InChI is InChI=1S/C17H34N2/c1-3-11-18-17(16-8-6-5-7-9-16)14-19-12-10-15(4-2)13-19/h15-18H,3-14H2,1-2H3. The van der Waals surface area contributed by atoms with Gasteiger partial charge in [0.15, 0.2) is 0 Å². The van der Waals surface area contributed by atoms with E-state index in [-0.39, 0.29) is 0 Å². The molecule has 1 saturated carbocycles. The minimum absolute atomic E-state index is 0.760. The van der Waals surface area contributed by atoms with Crippen LogP contribution < -0.4 is 5.32 Å².